The summed E-state index contributed by atoms with van der Waals surface area (Å²) in [7, 11) is 3.86. The van der Waals surface area contributed by atoms with Crippen molar-refractivity contribution in [2.24, 2.45) is 11.8 Å². The summed E-state index contributed by atoms with van der Waals surface area (Å²) in [6.45, 7) is 4.98. The van der Waals surface area contributed by atoms with Crippen LogP contribution < -0.4 is 14.8 Å². The number of rotatable bonds is 6. The van der Waals surface area contributed by atoms with Gasteiger partial charge in [0.2, 0.25) is 0 Å². The van der Waals surface area contributed by atoms with E-state index in [0.717, 1.165) is 55.5 Å². The Morgan fingerprint density at radius 2 is 2.12 bits per heavy atom. The molecule has 0 unspecified atom stereocenters. The monoisotopic (exact) mass is 502 g/mol. The Morgan fingerprint density at radius 3 is 2.76 bits per heavy atom. The molecule has 7 nitrogen and oxygen atoms in total. The predicted molar refractivity (Wildman–Crippen MR) is 131 cm³/mol. The molecule has 5 rings (SSSR count). The number of aliphatic carboxylic acids is 1. The standard InChI is InChI=1S/C24H34N2O5.2ClH/c1-5-12(2)20(23(28)29)25-15-7-6-14-16-10-13-18(30-4)11-17(27)21-19(13)24(14,22(15)31-21)8-9-26(16)3;;/h11-12,14-16,20,22,25,27H,5-10H2,1-4H3,(H,28,29);2*1H/t12-,14-,15+,16+,20-,22-,24-;;/m0../s1. The van der Waals surface area contributed by atoms with E-state index < -0.39 is 12.0 Å². The smallest absolute Gasteiger partial charge is 0.320 e. The molecular weight excluding hydrogens is 467 g/mol. The van der Waals surface area contributed by atoms with Crippen LogP contribution in [0.4, 0.5) is 0 Å². The largest absolute Gasteiger partial charge is 0.504 e. The maximum absolute atomic E-state index is 12.0. The third-order valence-corrected chi connectivity index (χ3v) is 8.78. The van der Waals surface area contributed by atoms with E-state index in [9.17, 15) is 15.0 Å². The summed E-state index contributed by atoms with van der Waals surface area (Å²) >= 11 is 0. The Kier molecular flexibility index (Phi) is 7.40. The van der Waals surface area contributed by atoms with Gasteiger partial charge in [-0.05, 0) is 51.1 Å². The second-order valence-corrected chi connectivity index (χ2v) is 10.0. The molecule has 9 heteroatoms. The van der Waals surface area contributed by atoms with E-state index in [0.29, 0.717) is 17.7 Å². The summed E-state index contributed by atoms with van der Waals surface area (Å²) in [4.78, 5) is 14.5. The molecule has 4 aliphatic rings. The molecule has 2 aliphatic heterocycles. The third-order valence-electron chi connectivity index (χ3n) is 8.78. The number of phenols is 1. The number of phenolic OH excluding ortho intramolecular Hbond substituents is 1. The lowest BCUT2D eigenvalue weighted by Crippen LogP contribution is -2.69. The van der Waals surface area contributed by atoms with E-state index in [-0.39, 0.29) is 54.0 Å². The first-order valence-corrected chi connectivity index (χ1v) is 11.6. The number of piperidine rings is 1. The van der Waals surface area contributed by atoms with Gasteiger partial charge in [-0.2, -0.15) is 0 Å². The van der Waals surface area contributed by atoms with Crippen LogP contribution in [0.3, 0.4) is 0 Å². The van der Waals surface area contributed by atoms with Gasteiger partial charge in [-0.15, -0.1) is 24.8 Å². The lowest BCUT2D eigenvalue weighted by Gasteiger charge is -2.59. The van der Waals surface area contributed by atoms with Crippen molar-refractivity contribution < 1.29 is 24.5 Å². The number of aromatic hydroxyl groups is 1. The number of carbonyl (C=O) groups is 1. The Balaban J connectivity index is 0.00000153. The SMILES string of the molecule is CC[C@H](C)[C@H](N[C@@H]1CC[C@H]2[C@H]3Cc4c(OC)cc(O)c5c4[C@@]2(CCN3C)[C@H]1O5)C(=O)O.Cl.Cl. The summed E-state index contributed by atoms with van der Waals surface area (Å²) in [5.41, 5.74) is 2.08. The van der Waals surface area contributed by atoms with Crippen molar-refractivity contribution in [3.8, 4) is 17.2 Å². The van der Waals surface area contributed by atoms with Gasteiger partial charge >= 0.3 is 5.97 Å². The fourth-order valence-corrected chi connectivity index (χ4v) is 7.09. The van der Waals surface area contributed by atoms with Gasteiger partial charge in [0.25, 0.3) is 0 Å². The molecular formula is C24H36Cl2N2O5. The molecule has 0 aromatic heterocycles. The van der Waals surface area contributed by atoms with Crippen molar-refractivity contribution in [2.45, 2.75) is 75.6 Å². The number of likely N-dealkylation sites (N-methyl/N-ethyl adjacent to an activating group) is 1. The van der Waals surface area contributed by atoms with Gasteiger partial charge in [-0.3, -0.25) is 10.1 Å². The van der Waals surface area contributed by atoms with E-state index in [1.807, 2.05) is 13.8 Å². The fourth-order valence-electron chi connectivity index (χ4n) is 7.09. The van der Waals surface area contributed by atoms with Crippen molar-refractivity contribution in [1.29, 1.82) is 0 Å². The van der Waals surface area contributed by atoms with Gasteiger partial charge in [0, 0.05) is 34.7 Å². The zero-order valence-corrected chi connectivity index (χ0v) is 21.3. The van der Waals surface area contributed by atoms with Gasteiger partial charge in [0.1, 0.15) is 17.9 Å². The Labute approximate surface area is 208 Å². The average molecular weight is 503 g/mol. The van der Waals surface area contributed by atoms with Gasteiger partial charge in [0.15, 0.2) is 11.5 Å². The molecule has 1 spiro atoms. The predicted octanol–water partition coefficient (Wildman–Crippen LogP) is 3.37. The topological polar surface area (TPSA) is 91.3 Å². The van der Waals surface area contributed by atoms with Crippen LogP contribution in [-0.4, -0.2) is 66.0 Å². The lowest BCUT2D eigenvalue weighted by atomic mass is 9.51. The average Bonchev–Trinajstić information content (AvgIpc) is 3.10. The molecule has 2 heterocycles. The van der Waals surface area contributed by atoms with Crippen LogP contribution in [0.2, 0.25) is 0 Å². The minimum absolute atomic E-state index is 0. The molecule has 1 aromatic rings. The molecule has 0 radical (unpaired) electrons. The number of benzene rings is 1. The summed E-state index contributed by atoms with van der Waals surface area (Å²) in [5, 5.41) is 24.2. The van der Waals surface area contributed by atoms with Crippen LogP contribution in [0, 0.1) is 11.8 Å². The molecule has 2 fully saturated rings. The normalized spacial score (nSPS) is 33.0. The first kappa shape index (κ1) is 26.2. The van der Waals surface area contributed by atoms with E-state index in [4.69, 9.17) is 9.47 Å². The Morgan fingerprint density at radius 1 is 1.39 bits per heavy atom. The van der Waals surface area contributed by atoms with Gasteiger partial charge in [-0.1, -0.05) is 20.3 Å². The van der Waals surface area contributed by atoms with Crippen LogP contribution in [-0.2, 0) is 16.6 Å². The third kappa shape index (κ3) is 3.58. The zero-order valence-electron chi connectivity index (χ0n) is 19.7. The summed E-state index contributed by atoms with van der Waals surface area (Å²) in [6, 6.07) is 1.41. The van der Waals surface area contributed by atoms with Crippen molar-refractivity contribution in [3.63, 3.8) is 0 Å². The Bertz CT molecular complexity index is 915. The van der Waals surface area contributed by atoms with Gasteiger partial charge in [-0.25, -0.2) is 0 Å². The minimum atomic E-state index is -0.806. The Hall–Kier alpha value is -1.41. The maximum Gasteiger partial charge on any atom is 0.320 e. The number of nitrogens with zero attached hydrogens (tertiary/aromatic N) is 1. The van der Waals surface area contributed by atoms with Crippen LogP contribution in [0.5, 0.6) is 17.2 Å². The van der Waals surface area contributed by atoms with E-state index in [1.54, 1.807) is 13.2 Å². The highest BCUT2D eigenvalue weighted by molar-refractivity contribution is 5.85. The van der Waals surface area contributed by atoms with Crippen LogP contribution in [0.1, 0.15) is 50.7 Å². The highest BCUT2D eigenvalue weighted by Crippen LogP contribution is 2.65. The quantitative estimate of drug-likeness (QED) is 0.549. The summed E-state index contributed by atoms with van der Waals surface area (Å²) in [5.74, 6) is 1.11. The number of carboxylic acid groups (broad SMARTS) is 1. The molecule has 2 aliphatic carbocycles. The number of likely N-dealkylation sites (tertiary alicyclic amines) is 1. The molecule has 3 N–H and O–H groups in total. The number of ether oxygens (including phenoxy) is 2. The van der Waals surface area contributed by atoms with Crippen molar-refractivity contribution >= 4 is 30.8 Å². The van der Waals surface area contributed by atoms with Gasteiger partial charge < -0.3 is 24.6 Å². The number of halogens is 2. The molecule has 0 amide bonds. The van der Waals surface area contributed by atoms with Crippen LogP contribution in [0.15, 0.2) is 6.07 Å². The second kappa shape index (κ2) is 9.33. The molecule has 33 heavy (non-hydrogen) atoms. The molecule has 2 bridgehead atoms. The number of nitrogens with one attached hydrogen (secondary N) is 1. The number of hydrogen-bond donors (Lipinski definition) is 3. The number of methoxy groups -OCH3 is 1. The number of hydrogen-bond acceptors (Lipinski definition) is 6. The van der Waals surface area contributed by atoms with Crippen LogP contribution >= 0.6 is 24.8 Å². The first-order chi connectivity index (χ1) is 14.8. The highest BCUT2D eigenvalue weighted by atomic mass is 35.5. The lowest BCUT2D eigenvalue weighted by molar-refractivity contribution is -0.142. The van der Waals surface area contributed by atoms with Gasteiger partial charge in [0.05, 0.1) is 7.11 Å². The minimum Gasteiger partial charge on any atom is -0.504 e. The summed E-state index contributed by atoms with van der Waals surface area (Å²) in [6.07, 6.45) is 4.36. The zero-order chi connectivity index (χ0) is 22.1. The molecule has 1 saturated heterocycles. The van der Waals surface area contributed by atoms with Crippen molar-refractivity contribution in [1.82, 2.24) is 10.2 Å². The van der Waals surface area contributed by atoms with E-state index in [2.05, 4.69) is 17.3 Å². The van der Waals surface area contributed by atoms with Crippen molar-refractivity contribution in [2.75, 3.05) is 20.7 Å². The maximum atomic E-state index is 12.0. The van der Waals surface area contributed by atoms with Crippen LogP contribution in [0.25, 0.3) is 0 Å². The van der Waals surface area contributed by atoms with E-state index in [1.165, 1.54) is 0 Å². The second-order valence-electron chi connectivity index (χ2n) is 10.0. The first-order valence-electron chi connectivity index (χ1n) is 11.6. The molecule has 1 saturated carbocycles. The molecule has 186 valence electrons. The molecule has 7 atom stereocenters. The van der Waals surface area contributed by atoms with Crippen molar-refractivity contribution in [3.05, 3.63) is 17.2 Å². The number of carboxylic acids is 1. The summed E-state index contributed by atoms with van der Waals surface area (Å²) < 4.78 is 12.3. The highest BCUT2D eigenvalue weighted by Gasteiger charge is 2.66. The molecule has 1 aromatic carbocycles. The fraction of sp³-hybridized carbons (Fsp3) is 0.708. The van der Waals surface area contributed by atoms with E-state index >= 15 is 0 Å².